The van der Waals surface area contributed by atoms with E-state index in [0.717, 1.165) is 26.2 Å². The van der Waals surface area contributed by atoms with Crippen LogP contribution in [0, 0.1) is 0 Å². The average Bonchev–Trinajstić information content (AvgIpc) is 2.10. The molecule has 5 heteroatoms. The van der Waals surface area contributed by atoms with Crippen molar-refractivity contribution < 1.29 is 8.85 Å². The number of nitrogens with one attached hydrogen (secondary N) is 2. The van der Waals surface area contributed by atoms with E-state index in [-0.39, 0.29) is 0 Å². The Morgan fingerprint density at radius 2 is 1.27 bits per heavy atom. The lowest BCUT2D eigenvalue weighted by atomic mass is 10.4. The maximum Gasteiger partial charge on any atom is 0.303 e. The van der Waals surface area contributed by atoms with E-state index in [1.54, 1.807) is 14.2 Å². The summed E-state index contributed by atoms with van der Waals surface area (Å²) in [5.74, 6) is 0. The van der Waals surface area contributed by atoms with Gasteiger partial charge in [0.25, 0.3) is 0 Å². The monoisotopic (exact) mass is 178 g/mol. The maximum atomic E-state index is 4.61. The molecule has 0 unspecified atom stereocenters. The van der Waals surface area contributed by atoms with Gasteiger partial charge in [0.1, 0.15) is 0 Å². The van der Waals surface area contributed by atoms with Crippen molar-refractivity contribution in [2.45, 2.75) is 0 Å². The van der Waals surface area contributed by atoms with Gasteiger partial charge in [-0.3, -0.25) is 0 Å². The Labute approximate surface area is 70.7 Å². The zero-order valence-corrected chi connectivity index (χ0v) is 8.77. The molecule has 0 saturated carbocycles. The molecule has 0 aromatic rings. The highest BCUT2D eigenvalue weighted by Crippen LogP contribution is 1.65. The Morgan fingerprint density at radius 3 is 1.36 bits per heavy atom. The molecule has 0 spiro atoms. The molecule has 2 N–H and O–H groups in total. The summed E-state index contributed by atoms with van der Waals surface area (Å²) in [6.45, 7) is 4.56. The summed E-state index contributed by atoms with van der Waals surface area (Å²) in [7, 11) is 2.73. The van der Waals surface area contributed by atoms with Crippen LogP contribution in [-0.4, -0.2) is 50.4 Å². The van der Waals surface area contributed by atoms with Crippen LogP contribution in [0.1, 0.15) is 0 Å². The Hall–Kier alpha value is 0.0569. The van der Waals surface area contributed by atoms with Gasteiger partial charge >= 0.3 is 10.0 Å². The van der Waals surface area contributed by atoms with Crippen molar-refractivity contribution in [1.29, 1.82) is 0 Å². The van der Waals surface area contributed by atoms with E-state index in [0.29, 0.717) is 0 Å². The van der Waals surface area contributed by atoms with Gasteiger partial charge in [0.2, 0.25) is 0 Å². The molecule has 1 fully saturated rings. The van der Waals surface area contributed by atoms with Crippen molar-refractivity contribution in [2.24, 2.45) is 0 Å². The van der Waals surface area contributed by atoms with Crippen LogP contribution in [-0.2, 0) is 8.85 Å². The lowest BCUT2D eigenvalue weighted by Crippen LogP contribution is -2.39. The summed E-state index contributed by atoms with van der Waals surface area (Å²) < 4.78 is 9.22. The van der Waals surface area contributed by atoms with Crippen LogP contribution in [0.4, 0.5) is 0 Å². The Kier molecular flexibility index (Phi) is 10.1. The number of rotatable bonds is 2. The van der Waals surface area contributed by atoms with E-state index < -0.39 is 10.0 Å². The molecule has 0 aromatic heterocycles. The molecule has 1 aliphatic heterocycles. The largest absolute Gasteiger partial charge is 0.402 e. The summed E-state index contributed by atoms with van der Waals surface area (Å²) >= 11 is 0. The minimum atomic E-state index is -0.568. The van der Waals surface area contributed by atoms with Gasteiger partial charge in [-0.1, -0.05) is 0 Å². The van der Waals surface area contributed by atoms with Crippen LogP contribution in [0.3, 0.4) is 0 Å². The first kappa shape index (κ1) is 11.1. The van der Waals surface area contributed by atoms with Crippen molar-refractivity contribution in [3.8, 4) is 0 Å². The smallest absolute Gasteiger partial charge is 0.303 e. The molecule has 68 valence electrons. The first-order chi connectivity index (χ1) is 5.41. The SMILES string of the molecule is C1CNCCN1.CO[SiH2]OC. The fourth-order valence-electron chi connectivity index (χ4n) is 0.721. The minimum Gasteiger partial charge on any atom is -0.402 e. The molecule has 11 heavy (non-hydrogen) atoms. The molecule has 1 saturated heterocycles. The van der Waals surface area contributed by atoms with E-state index in [2.05, 4.69) is 19.5 Å². The van der Waals surface area contributed by atoms with E-state index in [1.807, 2.05) is 0 Å². The number of hydrogen-bond donors (Lipinski definition) is 2. The van der Waals surface area contributed by atoms with Crippen molar-refractivity contribution in [3.05, 3.63) is 0 Å². The van der Waals surface area contributed by atoms with E-state index in [1.165, 1.54) is 0 Å². The lowest BCUT2D eigenvalue weighted by Gasteiger charge is -2.11. The molecular weight excluding hydrogens is 160 g/mol. The normalized spacial score (nSPS) is 16.9. The topological polar surface area (TPSA) is 42.5 Å². The van der Waals surface area contributed by atoms with E-state index in [9.17, 15) is 0 Å². The summed E-state index contributed by atoms with van der Waals surface area (Å²) in [6.07, 6.45) is 0. The van der Waals surface area contributed by atoms with Crippen LogP contribution >= 0.6 is 0 Å². The molecule has 0 bridgehead atoms. The second-order valence-corrected chi connectivity index (χ2v) is 3.59. The Morgan fingerprint density at radius 1 is 0.909 bits per heavy atom. The summed E-state index contributed by atoms with van der Waals surface area (Å²) in [4.78, 5) is 0. The molecule has 1 aliphatic rings. The van der Waals surface area contributed by atoms with Crippen molar-refractivity contribution in [1.82, 2.24) is 10.6 Å². The Balaban J connectivity index is 0.000000187. The zero-order chi connectivity index (χ0) is 8.36. The molecule has 0 amide bonds. The molecule has 0 aromatic carbocycles. The highest BCUT2D eigenvalue weighted by Gasteiger charge is 1.91. The maximum absolute atomic E-state index is 4.61. The quantitative estimate of drug-likeness (QED) is 0.503. The van der Waals surface area contributed by atoms with Gasteiger partial charge in [-0.15, -0.1) is 0 Å². The fourth-order valence-corrected chi connectivity index (χ4v) is 0.957. The van der Waals surface area contributed by atoms with Crippen molar-refractivity contribution in [3.63, 3.8) is 0 Å². The van der Waals surface area contributed by atoms with Crippen LogP contribution in [0.2, 0.25) is 0 Å². The van der Waals surface area contributed by atoms with Gasteiger partial charge in [-0.05, 0) is 0 Å². The molecule has 4 nitrogen and oxygen atoms in total. The van der Waals surface area contributed by atoms with Gasteiger partial charge in [-0.25, -0.2) is 0 Å². The predicted octanol–water partition coefficient (Wildman–Crippen LogP) is -1.54. The van der Waals surface area contributed by atoms with Crippen LogP contribution < -0.4 is 10.6 Å². The second-order valence-electron chi connectivity index (χ2n) is 2.20. The fraction of sp³-hybridized carbons (Fsp3) is 1.00. The van der Waals surface area contributed by atoms with Crippen molar-refractivity contribution >= 4 is 10.0 Å². The third-order valence-electron chi connectivity index (χ3n) is 1.19. The molecular formula is C6H18N2O2Si. The van der Waals surface area contributed by atoms with Gasteiger partial charge in [0.05, 0.1) is 0 Å². The molecule has 0 radical (unpaired) electrons. The lowest BCUT2D eigenvalue weighted by molar-refractivity contribution is 0.309. The van der Waals surface area contributed by atoms with Gasteiger partial charge in [0.15, 0.2) is 0 Å². The standard InChI is InChI=1S/C4H10N2.C2H8O2Si/c1-2-6-4-3-5-1;1-3-5-4-2/h5-6H,1-4H2;5H2,1-2H3. The molecule has 0 aliphatic carbocycles. The number of piperazine rings is 1. The first-order valence-electron chi connectivity index (χ1n) is 3.81. The van der Waals surface area contributed by atoms with Crippen LogP contribution in [0.5, 0.6) is 0 Å². The van der Waals surface area contributed by atoms with E-state index in [4.69, 9.17) is 0 Å². The molecule has 0 atom stereocenters. The molecule has 1 rings (SSSR count). The van der Waals surface area contributed by atoms with Crippen LogP contribution in [0.15, 0.2) is 0 Å². The highest BCUT2D eigenvalue weighted by atomic mass is 28.3. The van der Waals surface area contributed by atoms with Gasteiger partial charge < -0.3 is 19.5 Å². The third kappa shape index (κ3) is 10.1. The average molecular weight is 178 g/mol. The zero-order valence-electron chi connectivity index (χ0n) is 7.35. The van der Waals surface area contributed by atoms with Crippen molar-refractivity contribution in [2.75, 3.05) is 40.4 Å². The van der Waals surface area contributed by atoms with Gasteiger partial charge in [-0.2, -0.15) is 0 Å². The summed E-state index contributed by atoms with van der Waals surface area (Å²) in [6, 6.07) is 0. The van der Waals surface area contributed by atoms with Gasteiger partial charge in [0, 0.05) is 40.4 Å². The Bertz CT molecular complexity index is 58.1. The van der Waals surface area contributed by atoms with Crippen LogP contribution in [0.25, 0.3) is 0 Å². The highest BCUT2D eigenvalue weighted by molar-refractivity contribution is 6.17. The minimum absolute atomic E-state index is 0.568. The molecule has 1 heterocycles. The predicted molar refractivity (Wildman–Crippen MR) is 48.3 cm³/mol. The third-order valence-corrected chi connectivity index (χ3v) is 1.66. The summed E-state index contributed by atoms with van der Waals surface area (Å²) in [5.41, 5.74) is 0. The van der Waals surface area contributed by atoms with E-state index >= 15 is 0 Å². The summed E-state index contributed by atoms with van der Waals surface area (Å²) in [5, 5.41) is 6.44. The second kappa shape index (κ2) is 10.1. The number of hydrogen-bond acceptors (Lipinski definition) is 4. The first-order valence-corrected chi connectivity index (χ1v) is 4.96.